The zero-order chi connectivity index (χ0) is 14.6. The van der Waals surface area contributed by atoms with Gasteiger partial charge in [-0.3, -0.25) is 4.79 Å². The molecule has 1 amide bonds. The highest BCUT2D eigenvalue weighted by atomic mass is 35.5. The number of halogens is 2. The molecule has 4 nitrogen and oxygen atoms in total. The van der Waals surface area contributed by atoms with Crippen LogP contribution < -0.4 is 10.5 Å². The maximum Gasteiger partial charge on any atom is 0.259 e. The number of hydrogen-bond acceptors (Lipinski definition) is 3. The molecule has 1 rings (SSSR count). The van der Waals surface area contributed by atoms with Gasteiger partial charge in [0.1, 0.15) is 5.75 Å². The first-order chi connectivity index (χ1) is 8.81. The Hall–Kier alpha value is -0.970. The number of hydrogen-bond donors (Lipinski definition) is 1. The van der Waals surface area contributed by atoms with Crippen LogP contribution in [-0.4, -0.2) is 37.6 Å². The van der Waals surface area contributed by atoms with E-state index in [0.29, 0.717) is 22.2 Å². The van der Waals surface area contributed by atoms with E-state index in [2.05, 4.69) is 0 Å². The van der Waals surface area contributed by atoms with Gasteiger partial charge in [-0.15, -0.1) is 0 Å². The van der Waals surface area contributed by atoms with Crippen LogP contribution in [0.4, 0.5) is 0 Å². The number of carbonyl (C=O) groups excluding carboxylic acids is 1. The first-order valence-corrected chi connectivity index (χ1v) is 6.63. The average Bonchev–Trinajstić information content (AvgIpc) is 2.26. The van der Waals surface area contributed by atoms with E-state index < -0.39 is 0 Å². The summed E-state index contributed by atoms with van der Waals surface area (Å²) < 4.78 is 5.51. The third-order valence-electron chi connectivity index (χ3n) is 2.47. The van der Waals surface area contributed by atoms with Gasteiger partial charge in [-0.1, -0.05) is 23.2 Å². The summed E-state index contributed by atoms with van der Waals surface area (Å²) in [4.78, 5) is 13.0. The normalized spacial score (nSPS) is 12.1. The molecule has 1 aromatic carbocycles. The molecule has 1 unspecified atom stereocenters. The lowest BCUT2D eigenvalue weighted by Crippen LogP contribution is -2.28. The number of likely N-dealkylation sites (N-methyl/N-ethyl adjacent to an activating group) is 1. The Kier molecular flexibility index (Phi) is 5.91. The minimum absolute atomic E-state index is 0.0542. The molecular weight excluding hydrogens is 287 g/mol. The average molecular weight is 305 g/mol. The molecule has 0 radical (unpaired) electrons. The molecule has 0 aliphatic heterocycles. The Bertz CT molecular complexity index is 462. The van der Waals surface area contributed by atoms with Crippen molar-refractivity contribution >= 4 is 29.1 Å². The van der Waals surface area contributed by atoms with Gasteiger partial charge in [0.05, 0.1) is 5.02 Å². The molecular formula is C13H18Cl2N2O2. The van der Waals surface area contributed by atoms with E-state index in [1.54, 1.807) is 26.2 Å². The number of amides is 1. The predicted molar refractivity (Wildman–Crippen MR) is 78.0 cm³/mol. The molecule has 19 heavy (non-hydrogen) atoms. The van der Waals surface area contributed by atoms with Crippen LogP contribution in [0.3, 0.4) is 0 Å². The quantitative estimate of drug-likeness (QED) is 0.908. The molecule has 0 aromatic heterocycles. The lowest BCUT2D eigenvalue weighted by molar-refractivity contribution is -0.130. The monoisotopic (exact) mass is 304 g/mol. The molecule has 0 fully saturated rings. The van der Waals surface area contributed by atoms with E-state index in [9.17, 15) is 4.79 Å². The first kappa shape index (κ1) is 16.1. The summed E-state index contributed by atoms with van der Waals surface area (Å²) in [5, 5.41) is 0.904. The van der Waals surface area contributed by atoms with Crippen molar-refractivity contribution in [2.24, 2.45) is 5.73 Å². The van der Waals surface area contributed by atoms with Crippen LogP contribution in [-0.2, 0) is 11.2 Å². The summed E-state index contributed by atoms with van der Waals surface area (Å²) in [5.74, 6) is 0.330. The van der Waals surface area contributed by atoms with Gasteiger partial charge >= 0.3 is 0 Å². The van der Waals surface area contributed by atoms with Crippen molar-refractivity contribution in [3.05, 3.63) is 27.7 Å². The highest BCUT2D eigenvalue weighted by Crippen LogP contribution is 2.33. The van der Waals surface area contributed by atoms with Crippen LogP contribution in [0.2, 0.25) is 10.0 Å². The number of ether oxygens (including phenoxy) is 1. The Labute approximate surface area is 123 Å². The molecule has 0 bridgehead atoms. The number of nitrogens with two attached hydrogens (primary N) is 1. The molecule has 0 spiro atoms. The maximum absolute atomic E-state index is 11.5. The predicted octanol–water partition coefficient (Wildman–Crippen LogP) is 2.35. The summed E-state index contributed by atoms with van der Waals surface area (Å²) in [6.07, 6.45) is 0.575. The Balaban J connectivity index is 2.94. The zero-order valence-corrected chi connectivity index (χ0v) is 12.8. The molecule has 6 heteroatoms. The fourth-order valence-corrected chi connectivity index (χ4v) is 2.13. The first-order valence-electron chi connectivity index (χ1n) is 5.87. The van der Waals surface area contributed by atoms with E-state index in [-0.39, 0.29) is 18.6 Å². The molecule has 0 saturated carbocycles. The van der Waals surface area contributed by atoms with Crippen LogP contribution in [0, 0.1) is 0 Å². The van der Waals surface area contributed by atoms with Crippen molar-refractivity contribution < 1.29 is 9.53 Å². The van der Waals surface area contributed by atoms with E-state index in [4.69, 9.17) is 33.7 Å². The topological polar surface area (TPSA) is 55.6 Å². The Morgan fingerprint density at radius 2 is 2.05 bits per heavy atom. The van der Waals surface area contributed by atoms with Gasteiger partial charge in [-0.05, 0) is 31.0 Å². The fraction of sp³-hybridized carbons (Fsp3) is 0.462. The largest absolute Gasteiger partial charge is 0.482 e. The molecule has 2 N–H and O–H groups in total. The maximum atomic E-state index is 11.5. The third-order valence-corrected chi connectivity index (χ3v) is 2.96. The SMILES string of the molecule is CC(N)Cc1cc(Cl)cc(Cl)c1OCC(=O)N(C)C. The number of benzene rings is 1. The van der Waals surface area contributed by atoms with Crippen molar-refractivity contribution in [2.45, 2.75) is 19.4 Å². The molecule has 0 saturated heterocycles. The van der Waals surface area contributed by atoms with E-state index in [1.807, 2.05) is 6.92 Å². The summed E-state index contributed by atoms with van der Waals surface area (Å²) in [6, 6.07) is 3.29. The highest BCUT2D eigenvalue weighted by molar-refractivity contribution is 6.35. The van der Waals surface area contributed by atoms with Gasteiger partial charge in [0, 0.05) is 25.2 Å². The number of rotatable bonds is 5. The van der Waals surface area contributed by atoms with E-state index in [0.717, 1.165) is 5.56 Å². The van der Waals surface area contributed by atoms with Gasteiger partial charge in [-0.25, -0.2) is 0 Å². The van der Waals surface area contributed by atoms with Gasteiger partial charge in [-0.2, -0.15) is 0 Å². The van der Waals surface area contributed by atoms with Crippen LogP contribution in [0.15, 0.2) is 12.1 Å². The Morgan fingerprint density at radius 3 is 2.58 bits per heavy atom. The van der Waals surface area contributed by atoms with Crippen molar-refractivity contribution in [1.29, 1.82) is 0 Å². The fourth-order valence-electron chi connectivity index (χ4n) is 1.54. The molecule has 0 aliphatic carbocycles. The van der Waals surface area contributed by atoms with Gasteiger partial charge < -0.3 is 15.4 Å². The minimum Gasteiger partial charge on any atom is -0.482 e. The Morgan fingerprint density at radius 1 is 1.42 bits per heavy atom. The molecule has 0 aliphatic rings. The number of carbonyl (C=O) groups is 1. The number of nitrogens with zero attached hydrogens (tertiary/aromatic N) is 1. The van der Waals surface area contributed by atoms with Crippen LogP contribution in [0.25, 0.3) is 0 Å². The van der Waals surface area contributed by atoms with Crippen molar-refractivity contribution in [2.75, 3.05) is 20.7 Å². The molecule has 1 aromatic rings. The highest BCUT2D eigenvalue weighted by Gasteiger charge is 2.14. The summed E-state index contributed by atoms with van der Waals surface area (Å²) in [7, 11) is 3.33. The van der Waals surface area contributed by atoms with Crippen LogP contribution >= 0.6 is 23.2 Å². The lowest BCUT2D eigenvalue weighted by atomic mass is 10.1. The van der Waals surface area contributed by atoms with Gasteiger partial charge in [0.2, 0.25) is 0 Å². The second kappa shape index (κ2) is 6.98. The van der Waals surface area contributed by atoms with Crippen molar-refractivity contribution in [1.82, 2.24) is 4.90 Å². The standard InChI is InChI=1S/C13H18Cl2N2O2/c1-8(16)4-9-5-10(14)6-11(15)13(9)19-7-12(18)17(2)3/h5-6,8H,4,7,16H2,1-3H3. The third kappa shape index (κ3) is 4.90. The van der Waals surface area contributed by atoms with Gasteiger partial charge in [0.25, 0.3) is 5.91 Å². The molecule has 1 atom stereocenters. The van der Waals surface area contributed by atoms with E-state index >= 15 is 0 Å². The molecule has 0 heterocycles. The van der Waals surface area contributed by atoms with Crippen LogP contribution in [0.1, 0.15) is 12.5 Å². The smallest absolute Gasteiger partial charge is 0.259 e. The zero-order valence-electron chi connectivity index (χ0n) is 11.2. The second-order valence-corrected chi connectivity index (χ2v) is 5.48. The van der Waals surface area contributed by atoms with Crippen molar-refractivity contribution in [3.8, 4) is 5.75 Å². The minimum atomic E-state index is -0.141. The summed E-state index contributed by atoms with van der Waals surface area (Å²) >= 11 is 12.1. The van der Waals surface area contributed by atoms with Crippen LogP contribution in [0.5, 0.6) is 5.75 Å². The van der Waals surface area contributed by atoms with Gasteiger partial charge in [0.15, 0.2) is 6.61 Å². The van der Waals surface area contributed by atoms with E-state index in [1.165, 1.54) is 4.90 Å². The lowest BCUT2D eigenvalue weighted by Gasteiger charge is -2.16. The molecule has 106 valence electrons. The summed E-state index contributed by atoms with van der Waals surface area (Å²) in [5.41, 5.74) is 6.59. The van der Waals surface area contributed by atoms with Crippen molar-refractivity contribution in [3.63, 3.8) is 0 Å². The summed E-state index contributed by atoms with van der Waals surface area (Å²) in [6.45, 7) is 1.81. The second-order valence-electron chi connectivity index (χ2n) is 4.63.